The van der Waals surface area contributed by atoms with E-state index in [1.165, 1.54) is 19.3 Å². The number of hydrogen-bond donors (Lipinski definition) is 2. The van der Waals surface area contributed by atoms with Gasteiger partial charge >= 0.3 is 0 Å². The highest BCUT2D eigenvalue weighted by Gasteiger charge is 2.25. The van der Waals surface area contributed by atoms with Gasteiger partial charge in [-0.2, -0.15) is 12.6 Å². The van der Waals surface area contributed by atoms with Crippen LogP contribution >= 0.6 is 12.6 Å². The van der Waals surface area contributed by atoms with Crippen molar-refractivity contribution in [3.63, 3.8) is 0 Å². The molecular weight excluding hydrogens is 182 g/mol. The van der Waals surface area contributed by atoms with Crippen molar-refractivity contribution in [1.29, 1.82) is 0 Å². The highest BCUT2D eigenvalue weighted by Crippen LogP contribution is 2.19. The van der Waals surface area contributed by atoms with Gasteiger partial charge in [-0.15, -0.1) is 0 Å². The largest absolute Gasteiger partial charge is 0.352 e. The van der Waals surface area contributed by atoms with Crippen molar-refractivity contribution in [3.05, 3.63) is 0 Å². The molecule has 0 radical (unpaired) electrons. The number of hydrogen-bond acceptors (Lipinski definition) is 2. The second-order valence-corrected chi connectivity index (χ2v) is 5.49. The zero-order valence-corrected chi connectivity index (χ0v) is 9.36. The fraction of sp³-hybridized carbons (Fsp3) is 0.900. The average Bonchev–Trinajstić information content (AvgIpc) is 2.04. The fourth-order valence-electron chi connectivity index (χ4n) is 1.61. The Morgan fingerprint density at radius 1 is 1.31 bits per heavy atom. The molecule has 0 aliphatic heterocycles. The molecule has 76 valence electrons. The molecule has 3 heteroatoms. The number of carbonyl (C=O) groups is 1. The Balaban J connectivity index is 2.35. The smallest absolute Gasteiger partial charge is 0.235 e. The third-order valence-electron chi connectivity index (χ3n) is 2.50. The summed E-state index contributed by atoms with van der Waals surface area (Å²) in [7, 11) is 0. The molecule has 1 amide bonds. The first-order valence-electron chi connectivity index (χ1n) is 5.03. The van der Waals surface area contributed by atoms with E-state index in [4.69, 9.17) is 0 Å². The van der Waals surface area contributed by atoms with E-state index >= 15 is 0 Å². The predicted molar refractivity (Wildman–Crippen MR) is 58.1 cm³/mol. The number of nitrogens with one attached hydrogen (secondary N) is 1. The maximum atomic E-state index is 11.5. The molecule has 0 atom stereocenters. The summed E-state index contributed by atoms with van der Waals surface area (Å²) in [5.41, 5.74) is 0. The minimum Gasteiger partial charge on any atom is -0.352 e. The van der Waals surface area contributed by atoms with E-state index in [0.717, 1.165) is 12.8 Å². The SMILES string of the molecule is CC(C)(S)C(=O)NC1CCCCC1. The van der Waals surface area contributed by atoms with Crippen molar-refractivity contribution in [2.45, 2.75) is 56.7 Å². The molecule has 13 heavy (non-hydrogen) atoms. The van der Waals surface area contributed by atoms with E-state index in [1.54, 1.807) is 0 Å². The Hall–Kier alpha value is -0.180. The van der Waals surface area contributed by atoms with Gasteiger partial charge in [-0.3, -0.25) is 4.79 Å². The first kappa shape index (κ1) is 10.9. The number of amides is 1. The maximum absolute atomic E-state index is 11.5. The lowest BCUT2D eigenvalue weighted by Crippen LogP contribution is -2.44. The van der Waals surface area contributed by atoms with Crippen LogP contribution < -0.4 is 5.32 Å². The van der Waals surface area contributed by atoms with Gasteiger partial charge in [0.2, 0.25) is 5.91 Å². The average molecular weight is 201 g/mol. The van der Waals surface area contributed by atoms with Crippen molar-refractivity contribution in [2.75, 3.05) is 0 Å². The molecule has 2 nitrogen and oxygen atoms in total. The van der Waals surface area contributed by atoms with Gasteiger partial charge in [0.05, 0.1) is 4.75 Å². The van der Waals surface area contributed by atoms with Gasteiger partial charge in [0, 0.05) is 6.04 Å². The molecular formula is C10H19NOS. The van der Waals surface area contributed by atoms with Crippen molar-refractivity contribution in [1.82, 2.24) is 5.32 Å². The Kier molecular flexibility index (Phi) is 3.65. The Morgan fingerprint density at radius 3 is 2.31 bits per heavy atom. The molecule has 1 fully saturated rings. The van der Waals surface area contributed by atoms with Crippen LogP contribution in [0.1, 0.15) is 46.0 Å². The highest BCUT2D eigenvalue weighted by molar-refractivity contribution is 7.82. The molecule has 1 saturated carbocycles. The minimum absolute atomic E-state index is 0.0581. The van der Waals surface area contributed by atoms with Crippen molar-refractivity contribution in [2.24, 2.45) is 0 Å². The summed E-state index contributed by atoms with van der Waals surface area (Å²) in [6.45, 7) is 3.66. The standard InChI is InChI=1S/C10H19NOS/c1-10(2,13)9(12)11-8-6-4-3-5-7-8/h8,13H,3-7H2,1-2H3,(H,11,12). The molecule has 1 aliphatic rings. The second-order valence-electron chi connectivity index (χ2n) is 4.37. The van der Waals surface area contributed by atoms with Gasteiger partial charge in [-0.1, -0.05) is 19.3 Å². The van der Waals surface area contributed by atoms with E-state index in [1.807, 2.05) is 13.8 Å². The maximum Gasteiger partial charge on any atom is 0.235 e. The topological polar surface area (TPSA) is 29.1 Å². The summed E-state index contributed by atoms with van der Waals surface area (Å²) in [6, 6.07) is 0.396. The van der Waals surface area contributed by atoms with Crippen molar-refractivity contribution >= 4 is 18.5 Å². The molecule has 0 heterocycles. The van der Waals surface area contributed by atoms with E-state index in [2.05, 4.69) is 17.9 Å². The molecule has 0 aromatic rings. The predicted octanol–water partition coefficient (Wildman–Crippen LogP) is 2.14. The lowest BCUT2D eigenvalue weighted by molar-refractivity contribution is -0.123. The molecule has 0 aromatic heterocycles. The van der Waals surface area contributed by atoms with Gasteiger partial charge < -0.3 is 5.32 Å². The monoisotopic (exact) mass is 201 g/mol. The summed E-state index contributed by atoms with van der Waals surface area (Å²) in [5, 5.41) is 3.04. The van der Waals surface area contributed by atoms with E-state index in [9.17, 15) is 4.79 Å². The Bertz CT molecular complexity index is 180. The highest BCUT2D eigenvalue weighted by atomic mass is 32.1. The molecule has 0 bridgehead atoms. The van der Waals surface area contributed by atoms with Crippen LogP contribution in [0.3, 0.4) is 0 Å². The van der Waals surface area contributed by atoms with Crippen LogP contribution in [-0.4, -0.2) is 16.7 Å². The molecule has 0 saturated heterocycles. The van der Waals surface area contributed by atoms with E-state index in [-0.39, 0.29) is 5.91 Å². The molecule has 1 N–H and O–H groups in total. The van der Waals surface area contributed by atoms with Gasteiger partial charge in [-0.05, 0) is 26.7 Å². The van der Waals surface area contributed by atoms with Crippen LogP contribution in [0.2, 0.25) is 0 Å². The normalized spacial score (nSPS) is 19.9. The van der Waals surface area contributed by atoms with Gasteiger partial charge in [0.25, 0.3) is 0 Å². The molecule has 0 spiro atoms. The summed E-state index contributed by atoms with van der Waals surface area (Å²) in [5.74, 6) is 0.0581. The number of thiol groups is 1. The third kappa shape index (κ3) is 3.59. The van der Waals surface area contributed by atoms with Crippen molar-refractivity contribution in [3.8, 4) is 0 Å². The van der Waals surface area contributed by atoms with Gasteiger partial charge in [0.1, 0.15) is 0 Å². The Labute approximate surface area is 85.9 Å². The lowest BCUT2D eigenvalue weighted by Gasteiger charge is -2.26. The summed E-state index contributed by atoms with van der Waals surface area (Å²) < 4.78 is -0.544. The van der Waals surface area contributed by atoms with Crippen LogP contribution in [0.25, 0.3) is 0 Å². The second kappa shape index (κ2) is 4.36. The van der Waals surface area contributed by atoms with Gasteiger partial charge in [-0.25, -0.2) is 0 Å². The first-order chi connectivity index (χ1) is 6.00. The van der Waals surface area contributed by atoms with E-state index in [0.29, 0.717) is 6.04 Å². The third-order valence-corrected chi connectivity index (χ3v) is 2.70. The minimum atomic E-state index is -0.544. The van der Waals surface area contributed by atoms with Crippen LogP contribution in [0.15, 0.2) is 0 Å². The summed E-state index contributed by atoms with van der Waals surface area (Å²) >= 11 is 4.24. The lowest BCUT2D eigenvalue weighted by atomic mass is 9.95. The molecule has 1 aliphatic carbocycles. The number of carbonyl (C=O) groups excluding carboxylic acids is 1. The quantitative estimate of drug-likeness (QED) is 0.659. The summed E-state index contributed by atoms with van der Waals surface area (Å²) in [6.07, 6.45) is 6.08. The zero-order chi connectivity index (χ0) is 9.90. The fourth-order valence-corrected chi connectivity index (χ4v) is 1.67. The first-order valence-corrected chi connectivity index (χ1v) is 5.48. The summed E-state index contributed by atoms with van der Waals surface area (Å²) in [4.78, 5) is 11.5. The zero-order valence-electron chi connectivity index (χ0n) is 8.47. The van der Waals surface area contributed by atoms with E-state index < -0.39 is 4.75 Å². The van der Waals surface area contributed by atoms with Crippen molar-refractivity contribution < 1.29 is 4.79 Å². The molecule has 0 unspecified atom stereocenters. The van der Waals surface area contributed by atoms with Crippen LogP contribution in [0, 0.1) is 0 Å². The molecule has 0 aromatic carbocycles. The Morgan fingerprint density at radius 2 is 1.85 bits per heavy atom. The van der Waals surface area contributed by atoms with Crippen LogP contribution in [0.4, 0.5) is 0 Å². The number of rotatable bonds is 2. The molecule has 1 rings (SSSR count). The van der Waals surface area contributed by atoms with Gasteiger partial charge in [0.15, 0.2) is 0 Å². The van der Waals surface area contributed by atoms with Crippen LogP contribution in [0.5, 0.6) is 0 Å². The van der Waals surface area contributed by atoms with Crippen LogP contribution in [-0.2, 0) is 4.79 Å².